The monoisotopic (exact) mass is 282 g/mol. The van der Waals surface area contributed by atoms with E-state index in [1.54, 1.807) is 0 Å². The number of nitrogens with zero attached hydrogens (tertiary/aromatic N) is 1. The molecule has 1 N–H and O–H groups in total. The second-order valence-corrected chi connectivity index (χ2v) is 6.81. The van der Waals surface area contributed by atoms with E-state index in [9.17, 15) is 0 Å². The lowest BCUT2D eigenvalue weighted by Crippen LogP contribution is -2.28. The standard InChI is InChI=1S/C16H30N2S/c1-6-15-9-10-16(19-15)14(4)17-11-7-8-12-18(5)13(2)3/h9-10,13-14,17H,6-8,11-12H2,1-5H3. The Bertz CT molecular complexity index is 346. The van der Waals surface area contributed by atoms with E-state index in [1.807, 2.05) is 11.3 Å². The molecule has 0 radical (unpaired) electrons. The lowest BCUT2D eigenvalue weighted by molar-refractivity contribution is 0.267. The van der Waals surface area contributed by atoms with Gasteiger partial charge < -0.3 is 10.2 Å². The van der Waals surface area contributed by atoms with Crippen molar-refractivity contribution in [3.8, 4) is 0 Å². The Balaban J connectivity index is 2.15. The first-order chi connectivity index (χ1) is 9.04. The van der Waals surface area contributed by atoms with Gasteiger partial charge in [0.2, 0.25) is 0 Å². The normalized spacial score (nSPS) is 13.4. The minimum Gasteiger partial charge on any atom is -0.309 e. The van der Waals surface area contributed by atoms with Crippen molar-refractivity contribution in [1.82, 2.24) is 10.2 Å². The van der Waals surface area contributed by atoms with Crippen LogP contribution in [0.15, 0.2) is 12.1 Å². The topological polar surface area (TPSA) is 15.3 Å². The molecule has 1 rings (SSSR count). The molecule has 0 fully saturated rings. The van der Waals surface area contributed by atoms with Crippen molar-refractivity contribution in [2.75, 3.05) is 20.1 Å². The van der Waals surface area contributed by atoms with E-state index in [0.29, 0.717) is 12.1 Å². The largest absolute Gasteiger partial charge is 0.309 e. The van der Waals surface area contributed by atoms with Crippen LogP contribution in [-0.4, -0.2) is 31.1 Å². The zero-order valence-corrected chi connectivity index (χ0v) is 14.0. The van der Waals surface area contributed by atoms with Gasteiger partial charge in [-0.3, -0.25) is 0 Å². The van der Waals surface area contributed by atoms with Crippen molar-refractivity contribution in [3.05, 3.63) is 21.9 Å². The minimum absolute atomic E-state index is 0.494. The summed E-state index contributed by atoms with van der Waals surface area (Å²) in [6, 6.07) is 5.68. The highest BCUT2D eigenvalue weighted by molar-refractivity contribution is 7.12. The maximum absolute atomic E-state index is 3.63. The molecule has 1 heterocycles. The average molecular weight is 282 g/mol. The Labute approximate surface area is 123 Å². The Morgan fingerprint density at radius 1 is 1.21 bits per heavy atom. The van der Waals surface area contributed by atoms with E-state index in [0.717, 1.165) is 13.0 Å². The van der Waals surface area contributed by atoms with Gasteiger partial charge in [-0.05, 0) is 72.3 Å². The molecule has 1 atom stereocenters. The fraction of sp³-hybridized carbons (Fsp3) is 0.750. The van der Waals surface area contributed by atoms with Gasteiger partial charge in [0, 0.05) is 21.8 Å². The molecule has 3 heteroatoms. The van der Waals surface area contributed by atoms with Gasteiger partial charge >= 0.3 is 0 Å². The van der Waals surface area contributed by atoms with Gasteiger partial charge in [-0.1, -0.05) is 6.92 Å². The first-order valence-electron chi connectivity index (χ1n) is 7.56. The quantitative estimate of drug-likeness (QED) is 0.687. The number of hydrogen-bond acceptors (Lipinski definition) is 3. The summed E-state index contributed by atoms with van der Waals surface area (Å²) >= 11 is 1.94. The van der Waals surface area contributed by atoms with Crippen LogP contribution in [-0.2, 0) is 6.42 Å². The van der Waals surface area contributed by atoms with Gasteiger partial charge in [0.25, 0.3) is 0 Å². The summed E-state index contributed by atoms with van der Waals surface area (Å²) in [7, 11) is 2.21. The molecule has 1 unspecified atom stereocenters. The zero-order chi connectivity index (χ0) is 14.3. The van der Waals surface area contributed by atoms with Crippen LogP contribution in [0.3, 0.4) is 0 Å². The van der Waals surface area contributed by atoms with Crippen molar-refractivity contribution in [1.29, 1.82) is 0 Å². The summed E-state index contributed by atoms with van der Waals surface area (Å²) in [5, 5.41) is 3.63. The van der Waals surface area contributed by atoms with Crippen LogP contribution in [0, 0.1) is 0 Å². The molecule has 0 aromatic carbocycles. The van der Waals surface area contributed by atoms with Crippen LogP contribution in [0.1, 0.15) is 56.3 Å². The molecule has 0 aliphatic carbocycles. The van der Waals surface area contributed by atoms with Crippen LogP contribution in [0.5, 0.6) is 0 Å². The smallest absolute Gasteiger partial charge is 0.0386 e. The van der Waals surface area contributed by atoms with Gasteiger partial charge in [0.15, 0.2) is 0 Å². The Hall–Kier alpha value is -0.380. The molecule has 0 aliphatic heterocycles. The van der Waals surface area contributed by atoms with Crippen molar-refractivity contribution < 1.29 is 0 Å². The molecule has 19 heavy (non-hydrogen) atoms. The van der Waals surface area contributed by atoms with Crippen molar-refractivity contribution >= 4 is 11.3 Å². The molecule has 0 amide bonds. The SMILES string of the molecule is CCc1ccc(C(C)NCCCCN(C)C(C)C)s1. The number of rotatable bonds is 9. The molecular formula is C16H30N2S. The lowest BCUT2D eigenvalue weighted by atomic mass is 10.2. The maximum Gasteiger partial charge on any atom is 0.0386 e. The molecule has 110 valence electrons. The zero-order valence-electron chi connectivity index (χ0n) is 13.2. The van der Waals surface area contributed by atoms with Gasteiger partial charge in [-0.15, -0.1) is 11.3 Å². The first-order valence-corrected chi connectivity index (χ1v) is 8.38. The third-order valence-corrected chi connectivity index (χ3v) is 5.14. The fourth-order valence-corrected chi connectivity index (χ4v) is 2.96. The summed E-state index contributed by atoms with van der Waals surface area (Å²) in [6.07, 6.45) is 3.69. The third kappa shape index (κ3) is 6.07. The molecular weight excluding hydrogens is 252 g/mol. The van der Waals surface area contributed by atoms with Crippen molar-refractivity contribution in [2.24, 2.45) is 0 Å². The Morgan fingerprint density at radius 2 is 1.95 bits per heavy atom. The number of thiophene rings is 1. The van der Waals surface area contributed by atoms with Crippen LogP contribution in [0.2, 0.25) is 0 Å². The predicted octanol–water partition coefficient (Wildman–Crippen LogP) is 4.08. The minimum atomic E-state index is 0.494. The molecule has 1 aromatic heterocycles. The number of aryl methyl sites for hydroxylation is 1. The van der Waals surface area contributed by atoms with Gasteiger partial charge in [0.05, 0.1) is 0 Å². The van der Waals surface area contributed by atoms with Gasteiger partial charge in [0.1, 0.15) is 0 Å². The second-order valence-electron chi connectivity index (χ2n) is 5.61. The third-order valence-electron chi connectivity index (χ3n) is 3.73. The summed E-state index contributed by atoms with van der Waals surface area (Å²) in [4.78, 5) is 5.37. The Kier molecular flexibility index (Phi) is 7.66. The summed E-state index contributed by atoms with van der Waals surface area (Å²) < 4.78 is 0. The van der Waals surface area contributed by atoms with Crippen LogP contribution < -0.4 is 5.32 Å². The molecule has 0 saturated heterocycles. The van der Waals surface area contributed by atoms with E-state index in [4.69, 9.17) is 0 Å². The summed E-state index contributed by atoms with van der Waals surface area (Å²) in [6.45, 7) is 11.3. The fourth-order valence-electron chi connectivity index (χ4n) is 1.98. The van der Waals surface area contributed by atoms with E-state index >= 15 is 0 Å². The van der Waals surface area contributed by atoms with E-state index in [2.05, 4.69) is 57.1 Å². The van der Waals surface area contributed by atoms with Gasteiger partial charge in [-0.2, -0.15) is 0 Å². The van der Waals surface area contributed by atoms with Crippen LogP contribution in [0.4, 0.5) is 0 Å². The number of unbranched alkanes of at least 4 members (excludes halogenated alkanes) is 1. The molecule has 0 saturated carbocycles. The highest BCUT2D eigenvalue weighted by Gasteiger charge is 2.07. The van der Waals surface area contributed by atoms with E-state index in [1.165, 1.54) is 29.1 Å². The average Bonchev–Trinajstić information content (AvgIpc) is 2.86. The second kappa shape index (κ2) is 8.72. The molecule has 1 aromatic rings. The molecule has 0 spiro atoms. The molecule has 0 aliphatic rings. The number of hydrogen-bond donors (Lipinski definition) is 1. The predicted molar refractivity (Wildman–Crippen MR) is 87.1 cm³/mol. The van der Waals surface area contributed by atoms with Crippen LogP contribution in [0.25, 0.3) is 0 Å². The van der Waals surface area contributed by atoms with E-state index in [-0.39, 0.29) is 0 Å². The number of nitrogens with one attached hydrogen (secondary N) is 1. The summed E-state index contributed by atoms with van der Waals surface area (Å²) in [5.74, 6) is 0. The Morgan fingerprint density at radius 3 is 2.53 bits per heavy atom. The van der Waals surface area contributed by atoms with Gasteiger partial charge in [-0.25, -0.2) is 0 Å². The highest BCUT2D eigenvalue weighted by atomic mass is 32.1. The molecule has 2 nitrogen and oxygen atoms in total. The first kappa shape index (κ1) is 16.7. The highest BCUT2D eigenvalue weighted by Crippen LogP contribution is 2.23. The van der Waals surface area contributed by atoms with Crippen molar-refractivity contribution in [3.63, 3.8) is 0 Å². The summed E-state index contributed by atoms with van der Waals surface area (Å²) in [5.41, 5.74) is 0. The van der Waals surface area contributed by atoms with Crippen LogP contribution >= 0.6 is 11.3 Å². The van der Waals surface area contributed by atoms with Crippen molar-refractivity contribution in [2.45, 2.75) is 59.0 Å². The van der Waals surface area contributed by atoms with E-state index < -0.39 is 0 Å². The molecule has 0 bridgehead atoms. The maximum atomic E-state index is 3.63. The lowest BCUT2D eigenvalue weighted by Gasteiger charge is -2.21.